The summed E-state index contributed by atoms with van der Waals surface area (Å²) in [6, 6.07) is 0. The maximum absolute atomic E-state index is 12.5. The Balaban J connectivity index is 1.49. The number of nitrogens with zero attached hydrogens (tertiary/aromatic N) is 2. The molecule has 5 nitrogen and oxygen atoms in total. The number of hydrogen-bond donors (Lipinski definition) is 0. The van der Waals surface area contributed by atoms with E-state index in [2.05, 4.69) is 0 Å². The summed E-state index contributed by atoms with van der Waals surface area (Å²) in [7, 11) is 0. The van der Waals surface area contributed by atoms with Crippen molar-refractivity contribution < 1.29 is 14.4 Å². The molecule has 2 saturated heterocycles. The van der Waals surface area contributed by atoms with Crippen LogP contribution in [0.1, 0.15) is 51.9 Å². The van der Waals surface area contributed by atoms with Gasteiger partial charge in [0.2, 0.25) is 11.8 Å². The number of amides is 2. The molecule has 3 fully saturated rings. The second-order valence-corrected chi connectivity index (χ2v) is 7.17. The Hall–Kier alpha value is -1.39. The van der Waals surface area contributed by atoms with Gasteiger partial charge >= 0.3 is 0 Å². The minimum Gasteiger partial charge on any atom is -0.342 e. The first-order valence-corrected chi connectivity index (χ1v) is 8.61. The lowest BCUT2D eigenvalue weighted by Crippen LogP contribution is -2.47. The summed E-state index contributed by atoms with van der Waals surface area (Å²) in [5.41, 5.74) is -0.671. The molecule has 2 amide bonds. The lowest BCUT2D eigenvalue weighted by molar-refractivity contribution is -0.144. The summed E-state index contributed by atoms with van der Waals surface area (Å²) in [6.45, 7) is 4.75. The molecule has 0 aromatic heterocycles. The highest BCUT2D eigenvalue weighted by Gasteiger charge is 2.55. The SMILES string of the molecule is CC(=O)C1(C(=O)N2CCC(CN3CCCCC3=O)CC2)CC1. The van der Waals surface area contributed by atoms with Crippen LogP contribution in [0.15, 0.2) is 0 Å². The second-order valence-electron chi connectivity index (χ2n) is 7.17. The normalized spacial score (nSPS) is 25.2. The molecule has 0 bridgehead atoms. The average molecular weight is 306 g/mol. The van der Waals surface area contributed by atoms with E-state index < -0.39 is 5.41 Å². The number of carbonyl (C=O) groups is 3. The smallest absolute Gasteiger partial charge is 0.236 e. The van der Waals surface area contributed by atoms with E-state index in [4.69, 9.17) is 0 Å². The molecule has 0 unspecified atom stereocenters. The van der Waals surface area contributed by atoms with Crippen LogP contribution >= 0.6 is 0 Å². The fourth-order valence-corrected chi connectivity index (χ4v) is 3.83. The van der Waals surface area contributed by atoms with Crippen LogP contribution in [0, 0.1) is 11.3 Å². The fourth-order valence-electron chi connectivity index (χ4n) is 3.83. The quantitative estimate of drug-likeness (QED) is 0.741. The van der Waals surface area contributed by atoms with E-state index in [0.717, 1.165) is 64.7 Å². The minimum absolute atomic E-state index is 0.0264. The summed E-state index contributed by atoms with van der Waals surface area (Å²) in [5, 5.41) is 0. The molecule has 2 aliphatic heterocycles. The molecule has 1 saturated carbocycles. The number of likely N-dealkylation sites (tertiary alicyclic amines) is 2. The lowest BCUT2D eigenvalue weighted by atomic mass is 9.93. The van der Waals surface area contributed by atoms with Crippen molar-refractivity contribution in [3.05, 3.63) is 0 Å². The number of ketones is 1. The standard InChI is InChI=1S/C17H26N2O3/c1-13(20)17(7-8-17)16(22)18-10-5-14(6-11-18)12-19-9-3-2-4-15(19)21/h14H,2-12H2,1H3. The summed E-state index contributed by atoms with van der Waals surface area (Å²) in [4.78, 5) is 40.0. The largest absolute Gasteiger partial charge is 0.342 e. The van der Waals surface area contributed by atoms with Crippen molar-refractivity contribution >= 4 is 17.6 Å². The average Bonchev–Trinajstić information content (AvgIpc) is 3.31. The van der Waals surface area contributed by atoms with E-state index in [1.54, 1.807) is 6.92 Å². The van der Waals surface area contributed by atoms with Gasteiger partial charge in [0.15, 0.2) is 0 Å². The van der Waals surface area contributed by atoms with Gasteiger partial charge in [-0.3, -0.25) is 14.4 Å². The van der Waals surface area contributed by atoms with Gasteiger partial charge in [0, 0.05) is 32.6 Å². The molecular weight excluding hydrogens is 280 g/mol. The van der Waals surface area contributed by atoms with Crippen molar-refractivity contribution in [1.29, 1.82) is 0 Å². The second kappa shape index (κ2) is 6.01. The molecule has 3 rings (SSSR count). The number of rotatable bonds is 4. The third-order valence-electron chi connectivity index (χ3n) is 5.64. The zero-order valence-electron chi connectivity index (χ0n) is 13.5. The van der Waals surface area contributed by atoms with Gasteiger partial charge in [-0.1, -0.05) is 0 Å². The highest BCUT2D eigenvalue weighted by Crippen LogP contribution is 2.48. The molecular formula is C17H26N2O3. The summed E-state index contributed by atoms with van der Waals surface area (Å²) in [5.74, 6) is 0.864. The lowest BCUT2D eigenvalue weighted by Gasteiger charge is -2.37. The van der Waals surface area contributed by atoms with Gasteiger partial charge in [-0.25, -0.2) is 0 Å². The summed E-state index contributed by atoms with van der Waals surface area (Å²) in [6.07, 6.45) is 6.18. The Morgan fingerprint density at radius 3 is 2.36 bits per heavy atom. The van der Waals surface area contributed by atoms with Crippen molar-refractivity contribution in [3.63, 3.8) is 0 Å². The first-order chi connectivity index (χ1) is 10.5. The van der Waals surface area contributed by atoms with E-state index in [-0.39, 0.29) is 11.7 Å². The van der Waals surface area contributed by atoms with E-state index in [9.17, 15) is 14.4 Å². The molecule has 5 heteroatoms. The minimum atomic E-state index is -0.671. The zero-order chi connectivity index (χ0) is 15.7. The van der Waals surface area contributed by atoms with Gasteiger partial charge in [-0.05, 0) is 51.4 Å². The maximum Gasteiger partial charge on any atom is 0.236 e. The molecule has 0 aromatic carbocycles. The van der Waals surface area contributed by atoms with Gasteiger partial charge < -0.3 is 9.80 Å². The van der Waals surface area contributed by atoms with Crippen molar-refractivity contribution in [1.82, 2.24) is 9.80 Å². The van der Waals surface area contributed by atoms with Gasteiger partial charge in [0.05, 0.1) is 0 Å². The zero-order valence-corrected chi connectivity index (χ0v) is 13.5. The highest BCUT2D eigenvalue weighted by atomic mass is 16.2. The first kappa shape index (κ1) is 15.5. The van der Waals surface area contributed by atoms with Gasteiger partial charge in [-0.15, -0.1) is 0 Å². The van der Waals surface area contributed by atoms with E-state index in [1.165, 1.54) is 0 Å². The van der Waals surface area contributed by atoms with Crippen molar-refractivity contribution in [2.75, 3.05) is 26.2 Å². The Morgan fingerprint density at radius 1 is 1.14 bits per heavy atom. The van der Waals surface area contributed by atoms with E-state index >= 15 is 0 Å². The number of carbonyl (C=O) groups excluding carboxylic acids is 3. The highest BCUT2D eigenvalue weighted by molar-refractivity contribution is 6.07. The number of Topliss-reactive ketones (excluding diaryl/α,β-unsaturated/α-hetero) is 1. The van der Waals surface area contributed by atoms with Crippen LogP contribution in [-0.4, -0.2) is 53.6 Å². The Kier molecular flexibility index (Phi) is 4.24. The van der Waals surface area contributed by atoms with Crippen LogP contribution in [0.5, 0.6) is 0 Å². The molecule has 0 radical (unpaired) electrons. The van der Waals surface area contributed by atoms with Crippen LogP contribution in [0.3, 0.4) is 0 Å². The summed E-state index contributed by atoms with van der Waals surface area (Å²) >= 11 is 0. The molecule has 3 aliphatic rings. The van der Waals surface area contributed by atoms with Crippen LogP contribution < -0.4 is 0 Å². The predicted octanol–water partition coefficient (Wildman–Crippen LogP) is 1.61. The van der Waals surface area contributed by atoms with E-state index in [1.807, 2.05) is 9.80 Å². The predicted molar refractivity (Wildman–Crippen MR) is 82.1 cm³/mol. The van der Waals surface area contributed by atoms with Crippen molar-refractivity contribution in [2.45, 2.75) is 51.9 Å². The molecule has 0 spiro atoms. The Labute approximate surface area is 132 Å². The van der Waals surface area contributed by atoms with E-state index in [0.29, 0.717) is 18.2 Å². The van der Waals surface area contributed by atoms with Gasteiger partial charge in [-0.2, -0.15) is 0 Å². The Morgan fingerprint density at radius 2 is 1.82 bits per heavy atom. The summed E-state index contributed by atoms with van der Waals surface area (Å²) < 4.78 is 0. The third kappa shape index (κ3) is 2.90. The fraction of sp³-hybridized carbons (Fsp3) is 0.824. The molecule has 122 valence electrons. The van der Waals surface area contributed by atoms with Crippen LogP contribution in [0.2, 0.25) is 0 Å². The van der Waals surface area contributed by atoms with Gasteiger partial charge in [0.25, 0.3) is 0 Å². The van der Waals surface area contributed by atoms with Crippen molar-refractivity contribution in [2.24, 2.45) is 11.3 Å². The number of piperidine rings is 2. The third-order valence-corrected chi connectivity index (χ3v) is 5.64. The molecule has 0 aromatic rings. The molecule has 0 N–H and O–H groups in total. The van der Waals surface area contributed by atoms with Crippen LogP contribution in [0.4, 0.5) is 0 Å². The number of hydrogen-bond acceptors (Lipinski definition) is 3. The molecule has 22 heavy (non-hydrogen) atoms. The maximum atomic E-state index is 12.5. The molecule has 1 aliphatic carbocycles. The van der Waals surface area contributed by atoms with Gasteiger partial charge in [0.1, 0.15) is 11.2 Å². The monoisotopic (exact) mass is 306 g/mol. The first-order valence-electron chi connectivity index (χ1n) is 8.61. The van der Waals surface area contributed by atoms with Crippen LogP contribution in [-0.2, 0) is 14.4 Å². The Bertz CT molecular complexity index is 476. The van der Waals surface area contributed by atoms with Crippen molar-refractivity contribution in [3.8, 4) is 0 Å². The molecule has 0 atom stereocenters. The molecule has 2 heterocycles. The van der Waals surface area contributed by atoms with Crippen LogP contribution in [0.25, 0.3) is 0 Å². The topological polar surface area (TPSA) is 57.7 Å².